The molecule has 0 aliphatic carbocycles. The third kappa shape index (κ3) is 3.29. The van der Waals surface area contributed by atoms with Gasteiger partial charge in [0.1, 0.15) is 5.82 Å². The van der Waals surface area contributed by atoms with Gasteiger partial charge in [-0.15, -0.1) is 0 Å². The lowest BCUT2D eigenvalue weighted by Crippen LogP contribution is -2.46. The second kappa shape index (κ2) is 5.80. The Labute approximate surface area is 114 Å². The van der Waals surface area contributed by atoms with Crippen molar-refractivity contribution < 1.29 is 9.18 Å². The molecule has 0 radical (unpaired) electrons. The molecule has 1 atom stereocenters. The lowest BCUT2D eigenvalue weighted by molar-refractivity contribution is 0.0908. The first-order valence-electron chi connectivity index (χ1n) is 6.00. The van der Waals surface area contributed by atoms with Gasteiger partial charge >= 0.3 is 0 Å². The standard InChI is InChI=1S/C13H16BrFN2O/c1-17-6-2-3-10(8-17)16-13(18)11-5-4-9(14)7-12(11)15/h4-5,7,10H,2-3,6,8H2,1H3,(H,16,18). The maximum atomic E-state index is 13.6. The smallest absolute Gasteiger partial charge is 0.254 e. The summed E-state index contributed by atoms with van der Waals surface area (Å²) in [7, 11) is 2.03. The van der Waals surface area contributed by atoms with Crippen LogP contribution in [0.2, 0.25) is 0 Å². The molecule has 1 aliphatic heterocycles. The van der Waals surface area contributed by atoms with E-state index in [9.17, 15) is 9.18 Å². The normalized spacial score (nSPS) is 20.7. The van der Waals surface area contributed by atoms with Gasteiger partial charge in [-0.3, -0.25) is 4.79 Å². The minimum atomic E-state index is -0.494. The van der Waals surface area contributed by atoms with Crippen molar-refractivity contribution in [3.8, 4) is 0 Å². The number of nitrogens with zero attached hydrogens (tertiary/aromatic N) is 1. The van der Waals surface area contributed by atoms with E-state index in [-0.39, 0.29) is 17.5 Å². The summed E-state index contributed by atoms with van der Waals surface area (Å²) < 4.78 is 14.3. The molecule has 1 aliphatic rings. The van der Waals surface area contributed by atoms with Gasteiger partial charge < -0.3 is 10.2 Å². The number of carbonyl (C=O) groups is 1. The molecule has 1 N–H and O–H groups in total. The zero-order valence-electron chi connectivity index (χ0n) is 10.2. The van der Waals surface area contributed by atoms with E-state index in [4.69, 9.17) is 0 Å². The van der Waals surface area contributed by atoms with Gasteiger partial charge in [-0.05, 0) is 44.6 Å². The summed E-state index contributed by atoms with van der Waals surface area (Å²) in [5.41, 5.74) is 0.103. The lowest BCUT2D eigenvalue weighted by atomic mass is 10.1. The molecule has 1 aromatic rings. The first-order chi connectivity index (χ1) is 8.56. The van der Waals surface area contributed by atoms with Crippen LogP contribution < -0.4 is 5.32 Å². The summed E-state index contributed by atoms with van der Waals surface area (Å²) in [6, 6.07) is 4.59. The molecule has 1 fully saturated rings. The molecule has 0 spiro atoms. The average molecular weight is 315 g/mol. The molecule has 0 aromatic heterocycles. The van der Waals surface area contributed by atoms with Gasteiger partial charge in [0.05, 0.1) is 5.56 Å². The molecule has 18 heavy (non-hydrogen) atoms. The number of likely N-dealkylation sites (tertiary alicyclic amines) is 1. The SMILES string of the molecule is CN1CCCC(NC(=O)c2ccc(Br)cc2F)C1. The number of carbonyl (C=O) groups excluding carboxylic acids is 1. The number of rotatable bonds is 2. The number of halogens is 2. The fraction of sp³-hybridized carbons (Fsp3) is 0.462. The number of piperidine rings is 1. The lowest BCUT2D eigenvalue weighted by Gasteiger charge is -2.30. The minimum Gasteiger partial charge on any atom is -0.348 e. The molecular weight excluding hydrogens is 299 g/mol. The molecule has 98 valence electrons. The van der Waals surface area contributed by atoms with E-state index in [1.54, 1.807) is 6.07 Å². The Balaban J connectivity index is 2.03. The Morgan fingerprint density at radius 2 is 2.33 bits per heavy atom. The second-order valence-corrected chi connectivity index (χ2v) is 5.61. The predicted octanol–water partition coefficient (Wildman–Crippen LogP) is 2.41. The Morgan fingerprint density at radius 1 is 1.56 bits per heavy atom. The fourth-order valence-corrected chi connectivity index (χ4v) is 2.55. The number of nitrogens with one attached hydrogen (secondary N) is 1. The number of benzene rings is 1. The predicted molar refractivity (Wildman–Crippen MR) is 72.1 cm³/mol. The first kappa shape index (κ1) is 13.5. The van der Waals surface area contributed by atoms with Crippen LogP contribution in [-0.4, -0.2) is 37.0 Å². The maximum absolute atomic E-state index is 13.6. The van der Waals surface area contributed by atoms with Crippen LogP contribution in [0.25, 0.3) is 0 Å². The Bertz CT molecular complexity index is 453. The summed E-state index contributed by atoms with van der Waals surface area (Å²) >= 11 is 3.17. The molecule has 2 rings (SSSR count). The number of likely N-dealkylation sites (N-methyl/N-ethyl adjacent to an activating group) is 1. The Morgan fingerprint density at radius 3 is 3.00 bits per heavy atom. The molecule has 1 saturated heterocycles. The van der Waals surface area contributed by atoms with Crippen LogP contribution in [0.3, 0.4) is 0 Å². The van der Waals surface area contributed by atoms with Gasteiger partial charge in [0.15, 0.2) is 0 Å². The summed E-state index contributed by atoms with van der Waals surface area (Å²) in [5, 5.41) is 2.89. The van der Waals surface area contributed by atoms with E-state index in [0.717, 1.165) is 25.9 Å². The van der Waals surface area contributed by atoms with Crippen LogP contribution in [0.4, 0.5) is 4.39 Å². The highest BCUT2D eigenvalue weighted by atomic mass is 79.9. The molecule has 1 heterocycles. The highest BCUT2D eigenvalue weighted by Gasteiger charge is 2.20. The van der Waals surface area contributed by atoms with Crippen LogP contribution in [-0.2, 0) is 0 Å². The van der Waals surface area contributed by atoms with E-state index in [1.165, 1.54) is 12.1 Å². The molecule has 1 aromatic carbocycles. The van der Waals surface area contributed by atoms with E-state index in [0.29, 0.717) is 4.47 Å². The number of amides is 1. The second-order valence-electron chi connectivity index (χ2n) is 4.70. The van der Waals surface area contributed by atoms with Gasteiger partial charge in [-0.2, -0.15) is 0 Å². The van der Waals surface area contributed by atoms with Crippen LogP contribution in [0.15, 0.2) is 22.7 Å². The highest BCUT2D eigenvalue weighted by Crippen LogP contribution is 2.16. The summed E-state index contributed by atoms with van der Waals surface area (Å²) in [5.74, 6) is -0.827. The van der Waals surface area contributed by atoms with Gasteiger partial charge in [0, 0.05) is 17.1 Å². The van der Waals surface area contributed by atoms with Crippen molar-refractivity contribution in [3.63, 3.8) is 0 Å². The first-order valence-corrected chi connectivity index (χ1v) is 6.80. The molecule has 5 heteroatoms. The van der Waals surface area contributed by atoms with Crippen LogP contribution in [0, 0.1) is 5.82 Å². The largest absolute Gasteiger partial charge is 0.348 e. The van der Waals surface area contributed by atoms with Crippen LogP contribution in [0.5, 0.6) is 0 Å². The van der Waals surface area contributed by atoms with Crippen molar-refractivity contribution in [2.75, 3.05) is 20.1 Å². The number of hydrogen-bond acceptors (Lipinski definition) is 2. The van der Waals surface area contributed by atoms with Gasteiger partial charge in [0.2, 0.25) is 0 Å². The summed E-state index contributed by atoms with van der Waals surface area (Å²) in [6.45, 7) is 1.88. The average Bonchev–Trinajstić information content (AvgIpc) is 2.28. The summed E-state index contributed by atoms with van der Waals surface area (Å²) in [6.07, 6.45) is 2.01. The van der Waals surface area contributed by atoms with E-state index in [1.807, 2.05) is 7.05 Å². The third-order valence-electron chi connectivity index (χ3n) is 3.14. The molecule has 1 amide bonds. The molecular formula is C13H16BrFN2O. The zero-order chi connectivity index (χ0) is 13.1. The van der Waals surface area contributed by atoms with Crippen molar-refractivity contribution in [3.05, 3.63) is 34.1 Å². The van der Waals surface area contributed by atoms with Crippen LogP contribution >= 0.6 is 15.9 Å². The minimum absolute atomic E-state index is 0.103. The highest BCUT2D eigenvalue weighted by molar-refractivity contribution is 9.10. The topological polar surface area (TPSA) is 32.3 Å². The molecule has 0 saturated carbocycles. The van der Waals surface area contributed by atoms with Crippen molar-refractivity contribution >= 4 is 21.8 Å². The van der Waals surface area contributed by atoms with E-state index in [2.05, 4.69) is 26.1 Å². The van der Waals surface area contributed by atoms with Crippen molar-refractivity contribution in [2.45, 2.75) is 18.9 Å². The maximum Gasteiger partial charge on any atom is 0.254 e. The van der Waals surface area contributed by atoms with Gasteiger partial charge in [-0.1, -0.05) is 15.9 Å². The Kier molecular flexibility index (Phi) is 4.35. The van der Waals surface area contributed by atoms with Gasteiger partial charge in [0.25, 0.3) is 5.91 Å². The van der Waals surface area contributed by atoms with Crippen molar-refractivity contribution in [2.24, 2.45) is 0 Å². The third-order valence-corrected chi connectivity index (χ3v) is 3.63. The molecule has 3 nitrogen and oxygen atoms in total. The van der Waals surface area contributed by atoms with Gasteiger partial charge in [-0.25, -0.2) is 4.39 Å². The summed E-state index contributed by atoms with van der Waals surface area (Å²) in [4.78, 5) is 14.1. The quantitative estimate of drug-likeness (QED) is 0.909. The fourth-order valence-electron chi connectivity index (χ4n) is 2.22. The Hall–Kier alpha value is -0.940. The van der Waals surface area contributed by atoms with Crippen molar-refractivity contribution in [1.82, 2.24) is 10.2 Å². The molecule has 1 unspecified atom stereocenters. The van der Waals surface area contributed by atoms with Crippen LogP contribution in [0.1, 0.15) is 23.2 Å². The van der Waals surface area contributed by atoms with E-state index < -0.39 is 5.82 Å². The zero-order valence-corrected chi connectivity index (χ0v) is 11.8. The van der Waals surface area contributed by atoms with Crippen molar-refractivity contribution in [1.29, 1.82) is 0 Å². The number of hydrogen-bond donors (Lipinski definition) is 1. The monoisotopic (exact) mass is 314 g/mol. The van der Waals surface area contributed by atoms with E-state index >= 15 is 0 Å². The molecule has 0 bridgehead atoms.